The molecule has 0 bridgehead atoms. The fourth-order valence-corrected chi connectivity index (χ4v) is 3.25. The molecule has 1 aliphatic rings. The largest absolute Gasteiger partial charge is 0.462 e. The topological polar surface area (TPSA) is 38.3 Å². The highest BCUT2D eigenvalue weighted by atomic mass is 19.1. The number of rotatable bonds is 4. The highest BCUT2D eigenvalue weighted by Crippen LogP contribution is 2.46. The number of hydrogen-bond donors (Lipinski definition) is 1. The SMILES string of the molecule is CC(=O)C1=C(NC(C)(C)C)OC(c2ccc(F)cc2)(c2ccc(F)cc2)C1. The zero-order valence-corrected chi connectivity index (χ0v) is 15.9. The normalized spacial score (nSPS) is 16.2. The van der Waals surface area contributed by atoms with E-state index in [-0.39, 0.29) is 29.4 Å². The van der Waals surface area contributed by atoms with Crippen molar-refractivity contribution < 1.29 is 18.3 Å². The highest BCUT2D eigenvalue weighted by molar-refractivity contribution is 5.94. The van der Waals surface area contributed by atoms with Crippen LogP contribution in [0.3, 0.4) is 0 Å². The summed E-state index contributed by atoms with van der Waals surface area (Å²) in [5.41, 5.74) is 0.562. The summed E-state index contributed by atoms with van der Waals surface area (Å²) in [6, 6.07) is 12.0. The van der Waals surface area contributed by atoms with E-state index in [1.54, 1.807) is 24.3 Å². The zero-order valence-electron chi connectivity index (χ0n) is 15.9. The summed E-state index contributed by atoms with van der Waals surface area (Å²) in [4.78, 5) is 12.3. The first-order valence-corrected chi connectivity index (χ1v) is 8.84. The van der Waals surface area contributed by atoms with Gasteiger partial charge in [0.15, 0.2) is 17.3 Å². The van der Waals surface area contributed by atoms with Crippen molar-refractivity contribution in [3.05, 3.63) is 82.7 Å². The quantitative estimate of drug-likeness (QED) is 0.838. The monoisotopic (exact) mass is 371 g/mol. The van der Waals surface area contributed by atoms with Crippen molar-refractivity contribution in [3.8, 4) is 0 Å². The number of benzene rings is 2. The second kappa shape index (κ2) is 6.80. The molecule has 2 aromatic carbocycles. The number of carbonyl (C=O) groups is 1. The summed E-state index contributed by atoms with van der Waals surface area (Å²) in [6.45, 7) is 7.40. The first-order chi connectivity index (χ1) is 12.6. The fraction of sp³-hybridized carbons (Fsp3) is 0.318. The maximum Gasteiger partial charge on any atom is 0.195 e. The Balaban J connectivity index is 2.14. The first kappa shape index (κ1) is 19.1. The van der Waals surface area contributed by atoms with E-state index < -0.39 is 5.60 Å². The number of nitrogens with one attached hydrogen (secondary N) is 1. The van der Waals surface area contributed by atoms with Crippen molar-refractivity contribution in [1.29, 1.82) is 0 Å². The number of halogens is 2. The predicted molar refractivity (Wildman–Crippen MR) is 99.9 cm³/mol. The Morgan fingerprint density at radius 2 is 1.41 bits per heavy atom. The van der Waals surface area contributed by atoms with Gasteiger partial charge in [0.05, 0.1) is 5.57 Å². The molecular formula is C22H23F2NO2. The average molecular weight is 371 g/mol. The van der Waals surface area contributed by atoms with Gasteiger partial charge >= 0.3 is 0 Å². The van der Waals surface area contributed by atoms with Crippen LogP contribution in [-0.2, 0) is 15.1 Å². The third kappa shape index (κ3) is 3.87. The molecule has 3 nitrogen and oxygen atoms in total. The molecule has 3 rings (SSSR count). The molecule has 142 valence electrons. The van der Waals surface area contributed by atoms with E-state index in [0.29, 0.717) is 22.6 Å². The summed E-state index contributed by atoms with van der Waals surface area (Å²) in [7, 11) is 0. The highest BCUT2D eigenvalue weighted by Gasteiger charge is 2.46. The maximum atomic E-state index is 13.5. The smallest absolute Gasteiger partial charge is 0.195 e. The van der Waals surface area contributed by atoms with E-state index in [9.17, 15) is 13.6 Å². The van der Waals surface area contributed by atoms with E-state index in [4.69, 9.17) is 4.74 Å². The van der Waals surface area contributed by atoms with Crippen molar-refractivity contribution >= 4 is 5.78 Å². The Morgan fingerprint density at radius 3 is 1.78 bits per heavy atom. The number of carbonyl (C=O) groups excluding carboxylic acids is 1. The molecule has 0 unspecified atom stereocenters. The Morgan fingerprint density at radius 1 is 0.963 bits per heavy atom. The molecule has 27 heavy (non-hydrogen) atoms. The van der Waals surface area contributed by atoms with Crippen molar-refractivity contribution in [3.63, 3.8) is 0 Å². The minimum atomic E-state index is -1.03. The maximum absolute atomic E-state index is 13.5. The van der Waals surface area contributed by atoms with Gasteiger partial charge in [0.2, 0.25) is 0 Å². The third-order valence-electron chi connectivity index (χ3n) is 4.51. The lowest BCUT2D eigenvalue weighted by molar-refractivity contribution is -0.113. The summed E-state index contributed by atoms with van der Waals surface area (Å²) < 4.78 is 33.3. The van der Waals surface area contributed by atoms with Gasteiger partial charge in [-0.2, -0.15) is 0 Å². The lowest BCUT2D eigenvalue weighted by atomic mass is 9.82. The van der Waals surface area contributed by atoms with Crippen molar-refractivity contribution in [2.45, 2.75) is 45.3 Å². The van der Waals surface area contributed by atoms with Crippen LogP contribution in [0, 0.1) is 11.6 Å². The van der Waals surface area contributed by atoms with Crippen molar-refractivity contribution in [2.24, 2.45) is 0 Å². The summed E-state index contributed by atoms with van der Waals surface area (Å²) in [6.07, 6.45) is 0.276. The lowest BCUT2D eigenvalue weighted by Gasteiger charge is -2.32. The van der Waals surface area contributed by atoms with Gasteiger partial charge in [-0.05, 0) is 52.0 Å². The molecule has 0 spiro atoms. The van der Waals surface area contributed by atoms with E-state index in [0.717, 1.165) is 0 Å². The Labute approximate surface area is 158 Å². The summed E-state index contributed by atoms with van der Waals surface area (Å²) >= 11 is 0. The van der Waals surface area contributed by atoms with Crippen molar-refractivity contribution in [2.75, 3.05) is 0 Å². The zero-order chi connectivity index (χ0) is 19.8. The molecule has 1 N–H and O–H groups in total. The van der Waals surface area contributed by atoms with Crippen LogP contribution >= 0.6 is 0 Å². The fourth-order valence-electron chi connectivity index (χ4n) is 3.25. The summed E-state index contributed by atoms with van der Waals surface area (Å²) in [5, 5.41) is 3.25. The molecule has 0 fully saturated rings. The number of Topliss-reactive ketones (excluding diaryl/α,β-unsaturated/α-hetero) is 1. The molecule has 0 saturated carbocycles. The van der Waals surface area contributed by atoms with Gasteiger partial charge in [-0.1, -0.05) is 24.3 Å². The van der Waals surface area contributed by atoms with Crippen molar-refractivity contribution in [1.82, 2.24) is 5.32 Å². The minimum absolute atomic E-state index is 0.104. The molecule has 1 heterocycles. The molecule has 1 aliphatic heterocycles. The van der Waals surface area contributed by atoms with Crippen LogP contribution in [0.5, 0.6) is 0 Å². The molecule has 2 aromatic rings. The van der Waals surface area contributed by atoms with Crippen LogP contribution in [0.2, 0.25) is 0 Å². The van der Waals surface area contributed by atoms with E-state index >= 15 is 0 Å². The third-order valence-corrected chi connectivity index (χ3v) is 4.51. The van der Waals surface area contributed by atoms with Gasteiger partial charge in [-0.15, -0.1) is 0 Å². The van der Waals surface area contributed by atoms with Crippen LogP contribution < -0.4 is 5.32 Å². The molecular weight excluding hydrogens is 348 g/mol. The van der Waals surface area contributed by atoms with Gasteiger partial charge in [0.1, 0.15) is 11.6 Å². The minimum Gasteiger partial charge on any atom is -0.462 e. The molecule has 5 heteroatoms. The lowest BCUT2D eigenvalue weighted by Crippen LogP contribution is -2.37. The molecule has 0 aliphatic carbocycles. The second-order valence-electron chi connectivity index (χ2n) is 7.86. The molecule has 0 saturated heterocycles. The van der Waals surface area contributed by atoms with Gasteiger partial charge in [-0.25, -0.2) is 8.78 Å². The molecule has 0 radical (unpaired) electrons. The standard InChI is InChI=1S/C22H23F2NO2/c1-14(26)19-13-22(15-5-9-17(23)10-6-15,16-7-11-18(24)12-8-16)27-20(19)25-21(2,3)4/h5-12,25H,13H2,1-4H3. The number of hydrogen-bond acceptors (Lipinski definition) is 3. The second-order valence-corrected chi connectivity index (χ2v) is 7.86. The van der Waals surface area contributed by atoms with Crippen LogP contribution in [0.15, 0.2) is 60.0 Å². The predicted octanol–water partition coefficient (Wildman–Crippen LogP) is 4.82. The van der Waals surface area contributed by atoms with Crippen LogP contribution in [0.25, 0.3) is 0 Å². The van der Waals surface area contributed by atoms with Gasteiger partial charge in [0, 0.05) is 23.1 Å². The van der Waals surface area contributed by atoms with E-state index in [2.05, 4.69) is 5.32 Å². The van der Waals surface area contributed by atoms with Gasteiger partial charge in [-0.3, -0.25) is 4.79 Å². The first-order valence-electron chi connectivity index (χ1n) is 8.84. The van der Waals surface area contributed by atoms with Crippen LogP contribution in [0.1, 0.15) is 45.2 Å². The average Bonchev–Trinajstić information content (AvgIpc) is 2.95. The Hall–Kier alpha value is -2.69. The molecule has 0 aromatic heterocycles. The van der Waals surface area contributed by atoms with Crippen LogP contribution in [-0.4, -0.2) is 11.3 Å². The number of ketones is 1. The van der Waals surface area contributed by atoms with Crippen LogP contribution in [0.4, 0.5) is 8.78 Å². The number of ether oxygens (including phenoxy) is 1. The Bertz CT molecular complexity index is 833. The molecule has 0 amide bonds. The van der Waals surface area contributed by atoms with E-state index in [1.165, 1.54) is 31.2 Å². The van der Waals surface area contributed by atoms with Gasteiger partial charge in [0.25, 0.3) is 0 Å². The van der Waals surface area contributed by atoms with Gasteiger partial charge < -0.3 is 10.1 Å². The summed E-state index contributed by atoms with van der Waals surface area (Å²) in [5.74, 6) is -0.422. The molecule has 0 atom stereocenters. The Kier molecular flexibility index (Phi) is 4.81. The van der Waals surface area contributed by atoms with E-state index in [1.807, 2.05) is 20.8 Å².